The molecule has 9 nitrogen and oxygen atoms in total. The van der Waals surface area contributed by atoms with Crippen molar-refractivity contribution in [3.8, 4) is 0 Å². The molecule has 3 heterocycles. The molecule has 1 unspecified atom stereocenters. The minimum atomic E-state index is -0.859. The highest BCUT2D eigenvalue weighted by Crippen LogP contribution is 2.42. The summed E-state index contributed by atoms with van der Waals surface area (Å²) in [6.45, 7) is 4.12. The Kier molecular flexibility index (Phi) is 5.53. The number of hydrogen-bond donors (Lipinski definition) is 0. The van der Waals surface area contributed by atoms with Gasteiger partial charge in [0.25, 0.3) is 11.6 Å². The summed E-state index contributed by atoms with van der Waals surface area (Å²) >= 11 is 4.65. The van der Waals surface area contributed by atoms with Gasteiger partial charge in [-0.25, -0.2) is 0 Å². The molecule has 0 fully saturated rings. The average Bonchev–Trinajstić information content (AvgIpc) is 3.36. The fourth-order valence-electron chi connectivity index (χ4n) is 4.01. The Morgan fingerprint density at radius 3 is 2.59 bits per heavy atom. The number of rotatable bonds is 5. The lowest BCUT2D eigenvalue weighted by Crippen LogP contribution is -2.29. The number of benzene rings is 2. The minimum Gasteiger partial charge on any atom is -0.450 e. The molecule has 0 N–H and O–H groups in total. The molecular weight excluding hydrogens is 524 g/mol. The summed E-state index contributed by atoms with van der Waals surface area (Å²) in [4.78, 5) is 39.2. The highest BCUT2D eigenvalue weighted by Gasteiger charge is 2.45. The van der Waals surface area contributed by atoms with Crippen LogP contribution >= 0.6 is 27.3 Å². The third-order valence-electron chi connectivity index (χ3n) is 5.50. The van der Waals surface area contributed by atoms with E-state index in [2.05, 4.69) is 40.0 Å². The molecule has 11 heteroatoms. The number of anilines is 1. The second-order valence-corrected chi connectivity index (χ2v) is 10.3. The number of amides is 1. The van der Waals surface area contributed by atoms with E-state index in [9.17, 15) is 19.7 Å². The molecule has 1 amide bonds. The van der Waals surface area contributed by atoms with Gasteiger partial charge >= 0.3 is 0 Å². The number of carbonyl (C=O) groups is 1. The van der Waals surface area contributed by atoms with Gasteiger partial charge in [-0.3, -0.25) is 24.6 Å². The first-order valence-electron chi connectivity index (χ1n) is 10.4. The Morgan fingerprint density at radius 1 is 1.18 bits per heavy atom. The van der Waals surface area contributed by atoms with E-state index in [4.69, 9.17) is 4.42 Å². The molecule has 0 bridgehead atoms. The SMILES string of the molecule is CC(C)Cc1nnc(N2C(=O)c3oc4ccc(Br)cc4c(=O)c3C2c2ccc([N+](=O)[O-])cc2)s1. The maximum atomic E-state index is 13.6. The standard InChI is InChI=1S/C23H17BrN4O5S/c1-11(2)9-17-25-26-23(34-17)27-19(12-3-6-14(7-4-12)28(31)32)18-20(29)15-10-13(24)5-8-16(15)33-21(18)22(27)30/h3-8,10-11,19H,9H2,1-2H3. The average molecular weight is 541 g/mol. The van der Waals surface area contributed by atoms with Gasteiger partial charge in [-0.2, -0.15) is 0 Å². The van der Waals surface area contributed by atoms with Crippen molar-refractivity contribution in [1.82, 2.24) is 10.2 Å². The van der Waals surface area contributed by atoms with E-state index in [1.165, 1.54) is 28.4 Å². The van der Waals surface area contributed by atoms with Crippen LogP contribution in [0.25, 0.3) is 11.0 Å². The van der Waals surface area contributed by atoms with E-state index in [0.717, 1.165) is 5.01 Å². The number of aromatic nitrogens is 2. The summed E-state index contributed by atoms with van der Waals surface area (Å²) in [5, 5.41) is 21.0. The van der Waals surface area contributed by atoms with Gasteiger partial charge in [0, 0.05) is 23.0 Å². The fraction of sp³-hybridized carbons (Fsp3) is 0.217. The number of nitrogens with zero attached hydrogens (tertiary/aromatic N) is 4. The van der Waals surface area contributed by atoms with Crippen LogP contribution < -0.4 is 10.3 Å². The van der Waals surface area contributed by atoms with Crippen molar-refractivity contribution in [3.05, 3.63) is 89.2 Å². The van der Waals surface area contributed by atoms with Crippen LogP contribution in [0.4, 0.5) is 10.8 Å². The van der Waals surface area contributed by atoms with Gasteiger partial charge in [-0.05, 0) is 41.8 Å². The van der Waals surface area contributed by atoms with Gasteiger partial charge in [0.05, 0.1) is 21.9 Å². The molecule has 0 radical (unpaired) electrons. The molecule has 0 saturated carbocycles. The second kappa shape index (κ2) is 8.41. The van der Waals surface area contributed by atoms with Gasteiger partial charge in [-0.1, -0.05) is 41.1 Å². The second-order valence-electron chi connectivity index (χ2n) is 8.32. The third kappa shape index (κ3) is 3.70. The number of nitro groups is 1. The quantitative estimate of drug-likeness (QED) is 0.250. The van der Waals surface area contributed by atoms with Gasteiger partial charge in [-0.15, -0.1) is 10.2 Å². The van der Waals surface area contributed by atoms with Crippen LogP contribution in [0.3, 0.4) is 0 Å². The van der Waals surface area contributed by atoms with Crippen LogP contribution in [0.2, 0.25) is 0 Å². The van der Waals surface area contributed by atoms with E-state index in [-0.39, 0.29) is 22.4 Å². The normalized spacial score (nSPS) is 15.4. The van der Waals surface area contributed by atoms with Crippen LogP contribution in [-0.4, -0.2) is 21.0 Å². The zero-order valence-electron chi connectivity index (χ0n) is 18.0. The largest absolute Gasteiger partial charge is 0.450 e. The van der Waals surface area contributed by atoms with Crippen molar-refractivity contribution in [2.75, 3.05) is 4.90 Å². The van der Waals surface area contributed by atoms with E-state index in [0.29, 0.717) is 38.5 Å². The molecule has 0 saturated heterocycles. The zero-order chi connectivity index (χ0) is 24.1. The lowest BCUT2D eigenvalue weighted by molar-refractivity contribution is -0.384. The van der Waals surface area contributed by atoms with E-state index in [1.54, 1.807) is 30.3 Å². The van der Waals surface area contributed by atoms with Crippen molar-refractivity contribution < 1.29 is 14.1 Å². The molecule has 1 aliphatic heterocycles. The number of fused-ring (bicyclic) bond motifs is 2. The predicted octanol–water partition coefficient (Wildman–Crippen LogP) is 5.26. The lowest BCUT2D eigenvalue weighted by atomic mass is 9.98. The van der Waals surface area contributed by atoms with Gasteiger partial charge < -0.3 is 4.42 Å². The number of carbonyl (C=O) groups excluding carboxylic acids is 1. The van der Waals surface area contributed by atoms with Crippen LogP contribution in [-0.2, 0) is 6.42 Å². The number of nitro benzene ring substituents is 1. The molecule has 0 aliphatic carbocycles. The summed E-state index contributed by atoms with van der Waals surface area (Å²) in [7, 11) is 0. The summed E-state index contributed by atoms with van der Waals surface area (Å²) in [5.74, 6) is -0.221. The van der Waals surface area contributed by atoms with Gasteiger partial charge in [0.15, 0.2) is 5.43 Å². The van der Waals surface area contributed by atoms with Crippen molar-refractivity contribution in [1.29, 1.82) is 0 Å². The van der Waals surface area contributed by atoms with Crippen LogP contribution in [0, 0.1) is 16.0 Å². The molecule has 172 valence electrons. The molecule has 2 aromatic heterocycles. The van der Waals surface area contributed by atoms with Crippen LogP contribution in [0.1, 0.15) is 46.6 Å². The summed E-state index contributed by atoms with van der Waals surface area (Å²) in [6.07, 6.45) is 0.698. The van der Waals surface area contributed by atoms with E-state index in [1.807, 2.05) is 0 Å². The van der Waals surface area contributed by atoms with E-state index >= 15 is 0 Å². The Morgan fingerprint density at radius 2 is 1.91 bits per heavy atom. The highest BCUT2D eigenvalue weighted by molar-refractivity contribution is 9.10. The first-order valence-corrected chi connectivity index (χ1v) is 12.0. The van der Waals surface area contributed by atoms with Crippen molar-refractivity contribution in [3.63, 3.8) is 0 Å². The topological polar surface area (TPSA) is 119 Å². The predicted molar refractivity (Wildman–Crippen MR) is 130 cm³/mol. The zero-order valence-corrected chi connectivity index (χ0v) is 20.4. The minimum absolute atomic E-state index is 0.0659. The molecule has 2 aromatic carbocycles. The first kappa shape index (κ1) is 22.4. The smallest absolute Gasteiger partial charge is 0.297 e. The van der Waals surface area contributed by atoms with E-state index < -0.39 is 16.9 Å². The molecule has 4 aromatic rings. The Labute approximate surface area is 205 Å². The molecular formula is C23H17BrN4O5S. The Bertz CT molecular complexity index is 1510. The van der Waals surface area contributed by atoms with Crippen molar-refractivity contribution >= 4 is 55.0 Å². The lowest BCUT2D eigenvalue weighted by Gasteiger charge is -2.21. The van der Waals surface area contributed by atoms with Gasteiger partial charge in [0.1, 0.15) is 10.6 Å². The highest BCUT2D eigenvalue weighted by atomic mass is 79.9. The van der Waals surface area contributed by atoms with Gasteiger partial charge in [0.2, 0.25) is 10.9 Å². The molecule has 1 atom stereocenters. The number of halogens is 1. The maximum Gasteiger partial charge on any atom is 0.297 e. The number of non-ortho nitro benzene ring substituents is 1. The maximum absolute atomic E-state index is 13.6. The van der Waals surface area contributed by atoms with Crippen LogP contribution in [0.15, 0.2) is 56.1 Å². The first-order chi connectivity index (χ1) is 16.2. The third-order valence-corrected chi connectivity index (χ3v) is 6.94. The molecule has 5 rings (SSSR count). The monoisotopic (exact) mass is 540 g/mol. The molecule has 34 heavy (non-hydrogen) atoms. The van der Waals surface area contributed by atoms with Crippen molar-refractivity contribution in [2.24, 2.45) is 5.92 Å². The summed E-state index contributed by atoms with van der Waals surface area (Å²) < 4.78 is 6.62. The summed E-state index contributed by atoms with van der Waals surface area (Å²) in [5.41, 5.74) is 0.556. The molecule has 0 spiro atoms. The van der Waals surface area contributed by atoms with Crippen LogP contribution in [0.5, 0.6) is 0 Å². The molecule has 1 aliphatic rings. The Balaban J connectivity index is 1.73. The fourth-order valence-corrected chi connectivity index (χ4v) is 5.45. The Hall–Kier alpha value is -3.44. The van der Waals surface area contributed by atoms with Crippen molar-refractivity contribution in [2.45, 2.75) is 26.3 Å². The number of hydrogen-bond acceptors (Lipinski definition) is 8. The summed E-state index contributed by atoms with van der Waals surface area (Å²) in [6, 6.07) is 9.92.